The first kappa shape index (κ1) is 13.0. The Bertz CT molecular complexity index is 146. The first-order chi connectivity index (χ1) is 5.85. The van der Waals surface area contributed by atoms with Gasteiger partial charge in [0.2, 0.25) is 0 Å². The summed E-state index contributed by atoms with van der Waals surface area (Å²) in [4.78, 5) is 0. The molecule has 0 saturated carbocycles. The molecule has 0 bridgehead atoms. The van der Waals surface area contributed by atoms with Gasteiger partial charge in [-0.15, -0.1) is 0 Å². The van der Waals surface area contributed by atoms with E-state index in [1.165, 1.54) is 19.3 Å². The molecule has 0 radical (unpaired) electrons. The van der Waals surface area contributed by atoms with E-state index >= 15 is 0 Å². The molecule has 0 aliphatic rings. The maximum absolute atomic E-state index is 2.46. The highest BCUT2D eigenvalue weighted by molar-refractivity contribution is 4.90. The van der Waals surface area contributed by atoms with Crippen LogP contribution in [0.1, 0.15) is 67.7 Å². The van der Waals surface area contributed by atoms with Gasteiger partial charge in [-0.25, -0.2) is 0 Å². The van der Waals surface area contributed by atoms with Crippen molar-refractivity contribution in [3.63, 3.8) is 0 Å². The molecule has 0 saturated heterocycles. The third-order valence-electron chi connectivity index (χ3n) is 4.86. The van der Waals surface area contributed by atoms with Crippen LogP contribution in [-0.4, -0.2) is 0 Å². The van der Waals surface area contributed by atoms with Crippen LogP contribution in [0.5, 0.6) is 0 Å². The zero-order valence-electron chi connectivity index (χ0n) is 10.7. The van der Waals surface area contributed by atoms with Crippen LogP contribution < -0.4 is 0 Å². The molecule has 0 aromatic carbocycles. The van der Waals surface area contributed by atoms with Crippen molar-refractivity contribution in [2.45, 2.75) is 67.7 Å². The molecule has 0 spiro atoms. The molecule has 0 amide bonds. The molecule has 0 aliphatic carbocycles. The monoisotopic (exact) mass is 184 g/mol. The molecule has 80 valence electrons. The second-order valence-electron chi connectivity index (χ2n) is 5.32. The van der Waals surface area contributed by atoms with Crippen molar-refractivity contribution in [1.29, 1.82) is 0 Å². The average molecular weight is 184 g/mol. The van der Waals surface area contributed by atoms with Gasteiger partial charge >= 0.3 is 0 Å². The normalized spacial score (nSPS) is 19.6. The van der Waals surface area contributed by atoms with E-state index in [1.807, 2.05) is 0 Å². The van der Waals surface area contributed by atoms with E-state index in [0.29, 0.717) is 10.8 Å². The van der Waals surface area contributed by atoms with Crippen molar-refractivity contribution in [2.75, 3.05) is 0 Å². The fourth-order valence-corrected chi connectivity index (χ4v) is 2.35. The number of hydrogen-bond acceptors (Lipinski definition) is 0. The maximum Gasteiger partial charge on any atom is -0.0252 e. The summed E-state index contributed by atoms with van der Waals surface area (Å²) in [6.45, 7) is 16.7. The predicted molar refractivity (Wildman–Crippen MR) is 61.9 cm³/mol. The largest absolute Gasteiger partial charge is 0.0651 e. The van der Waals surface area contributed by atoms with E-state index < -0.39 is 0 Å². The van der Waals surface area contributed by atoms with E-state index in [2.05, 4.69) is 48.5 Å². The highest BCUT2D eigenvalue weighted by Crippen LogP contribution is 2.50. The van der Waals surface area contributed by atoms with Crippen LogP contribution in [0, 0.1) is 16.7 Å². The van der Waals surface area contributed by atoms with Gasteiger partial charge in [-0.1, -0.05) is 61.3 Å². The maximum atomic E-state index is 2.46. The molecule has 0 aromatic rings. The fraction of sp³-hybridized carbons (Fsp3) is 1.00. The minimum Gasteiger partial charge on any atom is -0.0651 e. The lowest BCUT2D eigenvalue weighted by Gasteiger charge is -2.48. The van der Waals surface area contributed by atoms with E-state index in [0.717, 1.165) is 5.92 Å². The summed E-state index contributed by atoms with van der Waals surface area (Å²) < 4.78 is 0. The Morgan fingerprint density at radius 3 is 1.62 bits per heavy atom. The van der Waals surface area contributed by atoms with Crippen molar-refractivity contribution in [3.05, 3.63) is 0 Å². The zero-order chi connectivity index (χ0) is 10.7. The first-order valence-electron chi connectivity index (χ1n) is 5.85. The molecular formula is C13H28. The summed E-state index contributed by atoms with van der Waals surface area (Å²) in [5.74, 6) is 0.826. The molecule has 0 heterocycles. The number of rotatable bonds is 5. The molecule has 0 heteroatoms. The summed E-state index contributed by atoms with van der Waals surface area (Å²) in [6.07, 6.45) is 3.87. The van der Waals surface area contributed by atoms with Crippen molar-refractivity contribution in [2.24, 2.45) is 16.7 Å². The highest BCUT2D eigenvalue weighted by atomic mass is 14.5. The van der Waals surface area contributed by atoms with Gasteiger partial charge in [-0.05, 0) is 23.2 Å². The van der Waals surface area contributed by atoms with Crippen LogP contribution >= 0.6 is 0 Å². The van der Waals surface area contributed by atoms with Crippen molar-refractivity contribution in [1.82, 2.24) is 0 Å². The van der Waals surface area contributed by atoms with Gasteiger partial charge in [-0.2, -0.15) is 0 Å². The van der Waals surface area contributed by atoms with Gasteiger partial charge < -0.3 is 0 Å². The topological polar surface area (TPSA) is 0 Å². The first-order valence-corrected chi connectivity index (χ1v) is 5.85. The average Bonchev–Trinajstić information content (AvgIpc) is 2.14. The van der Waals surface area contributed by atoms with Crippen LogP contribution in [0.2, 0.25) is 0 Å². The molecule has 0 rings (SSSR count). The number of hydrogen-bond donors (Lipinski definition) is 0. The van der Waals surface area contributed by atoms with Crippen LogP contribution in [0.15, 0.2) is 0 Å². The molecule has 0 N–H and O–H groups in total. The summed E-state index contributed by atoms with van der Waals surface area (Å²) in [7, 11) is 0. The van der Waals surface area contributed by atoms with Crippen molar-refractivity contribution in [3.8, 4) is 0 Å². The quantitative estimate of drug-likeness (QED) is 0.571. The van der Waals surface area contributed by atoms with Crippen LogP contribution in [0.3, 0.4) is 0 Å². The second kappa shape index (κ2) is 4.48. The van der Waals surface area contributed by atoms with Crippen LogP contribution in [0.25, 0.3) is 0 Å². The van der Waals surface area contributed by atoms with Crippen LogP contribution in [-0.2, 0) is 0 Å². The zero-order valence-corrected chi connectivity index (χ0v) is 10.7. The molecule has 0 fully saturated rings. The molecule has 0 aromatic heterocycles. The molecule has 13 heavy (non-hydrogen) atoms. The minimum atomic E-state index is 0.469. The molecule has 0 aliphatic heterocycles. The summed E-state index contributed by atoms with van der Waals surface area (Å²) >= 11 is 0. The van der Waals surface area contributed by atoms with Crippen LogP contribution in [0.4, 0.5) is 0 Å². The molecule has 2 atom stereocenters. The molecule has 0 nitrogen and oxygen atoms in total. The minimum absolute atomic E-state index is 0.469. The summed E-state index contributed by atoms with van der Waals surface area (Å²) in [6, 6.07) is 0. The molecule has 2 unspecified atom stereocenters. The van der Waals surface area contributed by atoms with E-state index in [1.54, 1.807) is 0 Å². The second-order valence-corrected chi connectivity index (χ2v) is 5.32. The van der Waals surface area contributed by atoms with Crippen molar-refractivity contribution < 1.29 is 0 Å². The van der Waals surface area contributed by atoms with Gasteiger partial charge in [0.1, 0.15) is 0 Å². The Morgan fingerprint density at radius 2 is 1.38 bits per heavy atom. The van der Waals surface area contributed by atoms with Gasteiger partial charge in [0.05, 0.1) is 0 Å². The standard InChI is InChI=1S/C13H28/c1-8-11(4)13(7,10-3)12(5,6)9-2/h11H,8-10H2,1-7H3. The summed E-state index contributed by atoms with van der Waals surface area (Å²) in [5.41, 5.74) is 0.966. The van der Waals surface area contributed by atoms with E-state index in [-0.39, 0.29) is 0 Å². The Kier molecular flexibility index (Phi) is 4.48. The predicted octanol–water partition coefficient (Wildman–Crippen LogP) is 4.89. The lowest BCUT2D eigenvalue weighted by Crippen LogP contribution is -2.39. The fourth-order valence-electron chi connectivity index (χ4n) is 2.35. The van der Waals surface area contributed by atoms with Gasteiger partial charge in [0.25, 0.3) is 0 Å². The molecular weight excluding hydrogens is 156 g/mol. The Hall–Kier alpha value is 0. The third kappa shape index (κ3) is 2.27. The smallest absolute Gasteiger partial charge is 0.0252 e. The van der Waals surface area contributed by atoms with Gasteiger partial charge in [0, 0.05) is 0 Å². The highest BCUT2D eigenvalue weighted by Gasteiger charge is 2.41. The Labute approximate surface area is 85.1 Å². The lowest BCUT2D eigenvalue weighted by atomic mass is 9.57. The van der Waals surface area contributed by atoms with Gasteiger partial charge in [0.15, 0.2) is 0 Å². The SMILES string of the molecule is CCC(C)C(C)(CC)C(C)(C)CC. The van der Waals surface area contributed by atoms with Crippen molar-refractivity contribution >= 4 is 0 Å². The Morgan fingerprint density at radius 1 is 0.923 bits per heavy atom. The Balaban J connectivity index is 4.81. The van der Waals surface area contributed by atoms with Gasteiger partial charge in [-0.3, -0.25) is 0 Å². The third-order valence-corrected chi connectivity index (χ3v) is 4.86. The van der Waals surface area contributed by atoms with E-state index in [4.69, 9.17) is 0 Å². The van der Waals surface area contributed by atoms with E-state index in [9.17, 15) is 0 Å². The summed E-state index contributed by atoms with van der Waals surface area (Å²) in [5, 5.41) is 0. The lowest BCUT2D eigenvalue weighted by molar-refractivity contribution is 0.0179.